The molecule has 0 fully saturated rings. The summed E-state index contributed by atoms with van der Waals surface area (Å²) in [4.78, 5) is 0. The van der Waals surface area contributed by atoms with Crippen molar-refractivity contribution in [3.05, 3.63) is 12.7 Å². The van der Waals surface area contributed by atoms with E-state index in [-0.39, 0.29) is 0 Å². The summed E-state index contributed by atoms with van der Waals surface area (Å²) in [5.41, 5.74) is -0.540. The molecule has 2 atom stereocenters. The summed E-state index contributed by atoms with van der Waals surface area (Å²) in [7, 11) is 0. The first kappa shape index (κ1) is 14.7. The van der Waals surface area contributed by atoms with Crippen LogP contribution in [0.4, 0.5) is 0 Å². The fourth-order valence-corrected chi connectivity index (χ4v) is 1.52. The van der Waals surface area contributed by atoms with Gasteiger partial charge in [-0.05, 0) is 32.1 Å². The Balaban J connectivity index is 3.97. The lowest BCUT2D eigenvalue weighted by Crippen LogP contribution is -2.44. The van der Waals surface area contributed by atoms with Crippen LogP contribution in [-0.2, 0) is 0 Å². The van der Waals surface area contributed by atoms with Crippen LogP contribution < -0.4 is 5.32 Å². The van der Waals surface area contributed by atoms with E-state index >= 15 is 0 Å². The normalized spacial score (nSPS) is 16.1. The van der Waals surface area contributed by atoms with Crippen LogP contribution in [0.5, 0.6) is 0 Å². The second-order valence-electron chi connectivity index (χ2n) is 4.60. The molecule has 90 valence electrons. The average Bonchev–Trinajstić information content (AvgIpc) is 2.25. The maximum Gasteiger partial charge on any atom is 0.0766 e. The van der Waals surface area contributed by atoms with Crippen LogP contribution in [0.15, 0.2) is 12.7 Å². The SMILES string of the molecule is C=CCC(C)C(C)NCC(O)(CC)CC. The van der Waals surface area contributed by atoms with Crippen LogP contribution >= 0.6 is 0 Å². The number of allylic oxidation sites excluding steroid dienone is 1. The van der Waals surface area contributed by atoms with E-state index in [1.54, 1.807) is 0 Å². The van der Waals surface area contributed by atoms with Gasteiger partial charge in [0.1, 0.15) is 0 Å². The van der Waals surface area contributed by atoms with Crippen LogP contribution in [0.25, 0.3) is 0 Å². The predicted octanol–water partition coefficient (Wildman–Crippen LogP) is 2.73. The van der Waals surface area contributed by atoms with Crippen molar-refractivity contribution in [1.29, 1.82) is 0 Å². The molecule has 0 rings (SSSR count). The van der Waals surface area contributed by atoms with Crippen molar-refractivity contribution in [2.24, 2.45) is 5.92 Å². The number of hydrogen-bond donors (Lipinski definition) is 2. The second-order valence-corrected chi connectivity index (χ2v) is 4.60. The molecule has 0 aromatic rings. The van der Waals surface area contributed by atoms with E-state index in [4.69, 9.17) is 0 Å². The number of aliphatic hydroxyl groups is 1. The van der Waals surface area contributed by atoms with Crippen LogP contribution in [0, 0.1) is 5.92 Å². The van der Waals surface area contributed by atoms with Gasteiger partial charge in [-0.25, -0.2) is 0 Å². The lowest BCUT2D eigenvalue weighted by atomic mass is 9.95. The lowest BCUT2D eigenvalue weighted by Gasteiger charge is -2.29. The molecule has 0 saturated carbocycles. The highest BCUT2D eigenvalue weighted by atomic mass is 16.3. The minimum Gasteiger partial charge on any atom is -0.389 e. The predicted molar refractivity (Wildman–Crippen MR) is 67.0 cm³/mol. The number of rotatable bonds is 8. The van der Waals surface area contributed by atoms with Crippen molar-refractivity contribution < 1.29 is 5.11 Å². The zero-order valence-corrected chi connectivity index (χ0v) is 10.7. The molecule has 2 heteroatoms. The summed E-state index contributed by atoms with van der Waals surface area (Å²) in [5.74, 6) is 0.570. The molecule has 0 amide bonds. The van der Waals surface area contributed by atoms with Gasteiger partial charge in [-0.2, -0.15) is 0 Å². The molecule has 0 bridgehead atoms. The molecule has 0 spiro atoms. The van der Waals surface area contributed by atoms with Crippen molar-refractivity contribution in [2.75, 3.05) is 6.54 Å². The zero-order chi connectivity index (χ0) is 11.9. The monoisotopic (exact) mass is 213 g/mol. The third kappa shape index (κ3) is 5.33. The van der Waals surface area contributed by atoms with Crippen molar-refractivity contribution in [2.45, 2.75) is 58.6 Å². The van der Waals surface area contributed by atoms with Crippen molar-refractivity contribution >= 4 is 0 Å². The largest absolute Gasteiger partial charge is 0.389 e. The van der Waals surface area contributed by atoms with Gasteiger partial charge < -0.3 is 10.4 Å². The molecule has 0 aliphatic carbocycles. The molecule has 0 aliphatic heterocycles. The van der Waals surface area contributed by atoms with E-state index in [0.29, 0.717) is 18.5 Å². The summed E-state index contributed by atoms with van der Waals surface area (Å²) >= 11 is 0. The minimum atomic E-state index is -0.540. The molecule has 0 saturated heterocycles. The van der Waals surface area contributed by atoms with Gasteiger partial charge in [0, 0.05) is 12.6 Å². The van der Waals surface area contributed by atoms with E-state index in [9.17, 15) is 5.11 Å². The fraction of sp³-hybridized carbons (Fsp3) is 0.846. The van der Waals surface area contributed by atoms with E-state index in [1.165, 1.54) is 0 Å². The summed E-state index contributed by atoms with van der Waals surface area (Å²) in [6, 6.07) is 0.424. The van der Waals surface area contributed by atoms with E-state index in [2.05, 4.69) is 25.7 Å². The quantitative estimate of drug-likeness (QED) is 0.608. The first-order valence-electron chi connectivity index (χ1n) is 6.05. The maximum atomic E-state index is 10.1. The van der Waals surface area contributed by atoms with E-state index < -0.39 is 5.60 Å². The molecule has 0 aliphatic rings. The molecular weight excluding hydrogens is 186 g/mol. The maximum absolute atomic E-state index is 10.1. The molecule has 0 heterocycles. The van der Waals surface area contributed by atoms with Gasteiger partial charge in [0.2, 0.25) is 0 Å². The Hall–Kier alpha value is -0.340. The average molecular weight is 213 g/mol. The molecule has 2 nitrogen and oxygen atoms in total. The third-order valence-corrected chi connectivity index (χ3v) is 3.46. The minimum absolute atomic E-state index is 0.424. The molecule has 2 unspecified atom stereocenters. The third-order valence-electron chi connectivity index (χ3n) is 3.46. The van der Waals surface area contributed by atoms with Crippen LogP contribution in [0.3, 0.4) is 0 Å². The van der Waals surface area contributed by atoms with Crippen LogP contribution in [0.1, 0.15) is 47.0 Å². The van der Waals surface area contributed by atoms with Crippen LogP contribution in [0.2, 0.25) is 0 Å². The van der Waals surface area contributed by atoms with E-state index in [1.807, 2.05) is 19.9 Å². The molecule has 0 aromatic heterocycles. The Morgan fingerprint density at radius 3 is 2.27 bits per heavy atom. The molecular formula is C13H27NO. The molecule has 0 aromatic carbocycles. The van der Waals surface area contributed by atoms with Gasteiger partial charge in [-0.1, -0.05) is 26.8 Å². The lowest BCUT2D eigenvalue weighted by molar-refractivity contribution is 0.0288. The summed E-state index contributed by atoms with van der Waals surface area (Å²) in [5, 5.41) is 13.5. The zero-order valence-electron chi connectivity index (χ0n) is 10.7. The van der Waals surface area contributed by atoms with Gasteiger partial charge in [0.05, 0.1) is 5.60 Å². The van der Waals surface area contributed by atoms with Gasteiger partial charge in [0.25, 0.3) is 0 Å². The highest BCUT2D eigenvalue weighted by molar-refractivity contribution is 4.82. The summed E-state index contributed by atoms with van der Waals surface area (Å²) in [6.07, 6.45) is 4.58. The standard InChI is InChI=1S/C13H27NO/c1-6-9-11(4)12(5)14-10-13(15,7-2)8-3/h6,11-12,14-15H,1,7-10H2,2-5H3. The van der Waals surface area contributed by atoms with Crippen molar-refractivity contribution in [3.63, 3.8) is 0 Å². The first-order valence-corrected chi connectivity index (χ1v) is 6.05. The highest BCUT2D eigenvalue weighted by Gasteiger charge is 2.23. The van der Waals surface area contributed by atoms with Gasteiger partial charge in [-0.15, -0.1) is 6.58 Å². The van der Waals surface area contributed by atoms with Crippen molar-refractivity contribution in [1.82, 2.24) is 5.32 Å². The highest BCUT2D eigenvalue weighted by Crippen LogP contribution is 2.15. The summed E-state index contributed by atoms with van der Waals surface area (Å²) < 4.78 is 0. The van der Waals surface area contributed by atoms with Gasteiger partial charge in [-0.3, -0.25) is 0 Å². The first-order chi connectivity index (χ1) is 6.99. The molecule has 2 N–H and O–H groups in total. The number of nitrogens with one attached hydrogen (secondary N) is 1. The topological polar surface area (TPSA) is 32.3 Å². The van der Waals surface area contributed by atoms with Gasteiger partial charge >= 0.3 is 0 Å². The Bertz CT molecular complexity index is 175. The molecule has 15 heavy (non-hydrogen) atoms. The van der Waals surface area contributed by atoms with E-state index in [0.717, 1.165) is 19.3 Å². The Morgan fingerprint density at radius 2 is 1.87 bits per heavy atom. The Morgan fingerprint density at radius 1 is 1.33 bits per heavy atom. The smallest absolute Gasteiger partial charge is 0.0766 e. The van der Waals surface area contributed by atoms with Crippen molar-refractivity contribution in [3.8, 4) is 0 Å². The fourth-order valence-electron chi connectivity index (χ4n) is 1.52. The van der Waals surface area contributed by atoms with Gasteiger partial charge in [0.15, 0.2) is 0 Å². The number of hydrogen-bond acceptors (Lipinski definition) is 2. The second kappa shape index (κ2) is 7.02. The Kier molecular flexibility index (Phi) is 6.86. The Labute approximate surface area is 94.8 Å². The molecule has 0 radical (unpaired) electrons. The summed E-state index contributed by atoms with van der Waals surface area (Å²) in [6.45, 7) is 12.9. The van der Waals surface area contributed by atoms with Crippen LogP contribution in [-0.4, -0.2) is 23.3 Å².